The number of fused-ring (bicyclic) bond motifs is 1. The number of ether oxygens (including phenoxy) is 1. The van der Waals surface area contributed by atoms with E-state index in [1.807, 2.05) is 30.3 Å². The number of methoxy groups -OCH3 is 1. The van der Waals surface area contributed by atoms with Gasteiger partial charge in [0.25, 0.3) is 5.56 Å². The van der Waals surface area contributed by atoms with Crippen molar-refractivity contribution in [3.63, 3.8) is 0 Å². The monoisotopic (exact) mass is 465 g/mol. The fourth-order valence-electron chi connectivity index (χ4n) is 3.17. The number of nitrogens with one attached hydrogen (secondary N) is 2. The highest BCUT2D eigenvalue weighted by Crippen LogP contribution is 2.32. The van der Waals surface area contributed by atoms with Crippen LogP contribution in [0.4, 0.5) is 4.39 Å². The largest absolute Gasteiger partial charge is 0.497 e. The van der Waals surface area contributed by atoms with Crippen LogP contribution in [0.1, 0.15) is 5.82 Å². The van der Waals surface area contributed by atoms with Crippen molar-refractivity contribution in [1.82, 2.24) is 25.1 Å². The van der Waals surface area contributed by atoms with E-state index < -0.39 is 0 Å². The maximum atomic E-state index is 13.9. The number of aromatic nitrogens is 5. The van der Waals surface area contributed by atoms with E-state index >= 15 is 0 Å². The molecular formula is C22H16FN5O2S2. The Kier molecular flexibility index (Phi) is 5.46. The molecule has 0 amide bonds. The first-order valence-corrected chi connectivity index (χ1v) is 11.4. The number of thiophene rings is 1. The maximum absolute atomic E-state index is 13.9. The van der Waals surface area contributed by atoms with Gasteiger partial charge in [0, 0.05) is 4.88 Å². The van der Waals surface area contributed by atoms with Crippen LogP contribution in [0.15, 0.2) is 64.5 Å². The second kappa shape index (κ2) is 8.56. The molecule has 0 aliphatic heterocycles. The minimum atomic E-state index is -0.373. The number of rotatable bonds is 6. The zero-order chi connectivity index (χ0) is 22.1. The fourth-order valence-corrected chi connectivity index (χ4v) is 4.84. The van der Waals surface area contributed by atoms with Gasteiger partial charge in [-0.2, -0.15) is 0 Å². The van der Waals surface area contributed by atoms with Crippen molar-refractivity contribution in [3.05, 3.63) is 76.6 Å². The number of halogens is 1. The first kappa shape index (κ1) is 20.4. The summed E-state index contributed by atoms with van der Waals surface area (Å²) in [5, 5.41) is 7.31. The third-order valence-corrected chi connectivity index (χ3v) is 6.77. The summed E-state index contributed by atoms with van der Waals surface area (Å²) in [5.41, 5.74) is 1.80. The lowest BCUT2D eigenvalue weighted by Crippen LogP contribution is -2.09. The lowest BCUT2D eigenvalue weighted by Gasteiger charge is -2.00. The summed E-state index contributed by atoms with van der Waals surface area (Å²) in [6, 6.07) is 15.9. The summed E-state index contributed by atoms with van der Waals surface area (Å²) in [6.45, 7) is 0. The molecule has 0 radical (unpaired) electrons. The van der Waals surface area contributed by atoms with Gasteiger partial charge in [-0.1, -0.05) is 23.9 Å². The van der Waals surface area contributed by atoms with Gasteiger partial charge in [0.05, 0.1) is 23.9 Å². The van der Waals surface area contributed by atoms with E-state index in [1.54, 1.807) is 25.3 Å². The molecule has 7 nitrogen and oxygen atoms in total. The van der Waals surface area contributed by atoms with Crippen molar-refractivity contribution in [3.8, 4) is 27.6 Å². The van der Waals surface area contributed by atoms with Crippen LogP contribution in [-0.4, -0.2) is 32.3 Å². The van der Waals surface area contributed by atoms with Crippen molar-refractivity contribution in [1.29, 1.82) is 0 Å². The zero-order valence-corrected chi connectivity index (χ0v) is 18.4. The molecule has 3 aromatic heterocycles. The molecule has 0 spiro atoms. The van der Waals surface area contributed by atoms with E-state index in [9.17, 15) is 9.18 Å². The Labute approximate surface area is 189 Å². The predicted molar refractivity (Wildman–Crippen MR) is 124 cm³/mol. The standard InChI is InChI=1S/C22H16FN5O2S2/c1-30-13-8-6-12(7-9-13)17-10-16-19(32-17)21(29)25-18(24-16)11-31-22-26-20(27-28-22)14-4-2-3-5-15(14)23/h2-10H,11H2,1H3,(H,24,25,29)(H,26,27,28). The first-order valence-electron chi connectivity index (χ1n) is 9.58. The number of hydrogen-bond acceptors (Lipinski definition) is 7. The number of thioether (sulfide) groups is 1. The molecule has 0 bridgehead atoms. The van der Waals surface area contributed by atoms with E-state index in [2.05, 4.69) is 25.1 Å². The smallest absolute Gasteiger partial charge is 0.268 e. The minimum absolute atomic E-state index is 0.183. The highest BCUT2D eigenvalue weighted by Gasteiger charge is 2.13. The lowest BCUT2D eigenvalue weighted by atomic mass is 10.2. The quantitative estimate of drug-likeness (QED) is 0.347. The second-order valence-electron chi connectivity index (χ2n) is 6.80. The van der Waals surface area contributed by atoms with Crippen molar-refractivity contribution < 1.29 is 9.13 Å². The van der Waals surface area contributed by atoms with Crippen molar-refractivity contribution in [2.75, 3.05) is 7.11 Å². The van der Waals surface area contributed by atoms with Crippen LogP contribution in [-0.2, 0) is 5.75 Å². The molecule has 0 aliphatic carbocycles. The van der Waals surface area contributed by atoms with E-state index in [0.717, 1.165) is 16.2 Å². The Morgan fingerprint density at radius 2 is 1.94 bits per heavy atom. The lowest BCUT2D eigenvalue weighted by molar-refractivity contribution is 0.415. The number of H-pyrrole nitrogens is 2. The van der Waals surface area contributed by atoms with Gasteiger partial charge in [-0.05, 0) is 48.0 Å². The summed E-state index contributed by atoms with van der Waals surface area (Å²) in [7, 11) is 1.62. The highest BCUT2D eigenvalue weighted by molar-refractivity contribution is 7.98. The van der Waals surface area contributed by atoms with Gasteiger partial charge in [-0.25, -0.2) is 14.4 Å². The molecule has 160 valence electrons. The van der Waals surface area contributed by atoms with E-state index in [0.29, 0.717) is 38.3 Å². The minimum Gasteiger partial charge on any atom is -0.497 e. The van der Waals surface area contributed by atoms with Gasteiger partial charge in [0.15, 0.2) is 5.82 Å². The molecule has 32 heavy (non-hydrogen) atoms. The molecule has 2 aromatic carbocycles. The summed E-state index contributed by atoms with van der Waals surface area (Å²) < 4.78 is 19.7. The van der Waals surface area contributed by atoms with Crippen LogP contribution in [0.2, 0.25) is 0 Å². The Hall–Kier alpha value is -3.50. The molecule has 5 aromatic rings. The third-order valence-electron chi connectivity index (χ3n) is 4.74. The van der Waals surface area contributed by atoms with Crippen LogP contribution in [0.3, 0.4) is 0 Å². The van der Waals surface area contributed by atoms with Gasteiger partial charge in [-0.15, -0.1) is 16.4 Å². The van der Waals surface area contributed by atoms with E-state index in [1.165, 1.54) is 29.2 Å². The molecule has 10 heteroatoms. The molecule has 3 heterocycles. The molecule has 0 aliphatic rings. The Morgan fingerprint density at radius 1 is 1.12 bits per heavy atom. The molecule has 0 saturated carbocycles. The van der Waals surface area contributed by atoms with Crippen LogP contribution >= 0.6 is 23.1 Å². The van der Waals surface area contributed by atoms with E-state index in [-0.39, 0.29) is 11.4 Å². The number of hydrogen-bond donors (Lipinski definition) is 2. The van der Waals surface area contributed by atoms with Crippen LogP contribution in [0.5, 0.6) is 5.75 Å². The average molecular weight is 466 g/mol. The topological polar surface area (TPSA) is 96.6 Å². The normalized spacial score (nSPS) is 11.2. The fraction of sp³-hybridized carbons (Fsp3) is 0.0909. The Balaban J connectivity index is 1.36. The molecule has 0 fully saturated rings. The van der Waals surface area contributed by atoms with Gasteiger partial charge in [0.1, 0.15) is 22.1 Å². The van der Waals surface area contributed by atoms with E-state index in [4.69, 9.17) is 4.74 Å². The van der Waals surface area contributed by atoms with Crippen molar-refractivity contribution in [2.45, 2.75) is 10.9 Å². The van der Waals surface area contributed by atoms with Gasteiger partial charge in [-0.3, -0.25) is 9.89 Å². The molecule has 0 atom stereocenters. The second-order valence-corrected chi connectivity index (χ2v) is 8.80. The first-order chi connectivity index (χ1) is 15.6. The van der Waals surface area contributed by atoms with Gasteiger partial charge >= 0.3 is 0 Å². The zero-order valence-electron chi connectivity index (χ0n) is 16.8. The number of aromatic amines is 2. The molecule has 5 rings (SSSR count). The Morgan fingerprint density at radius 3 is 2.72 bits per heavy atom. The summed E-state index contributed by atoms with van der Waals surface area (Å²) in [5.74, 6) is 1.64. The molecule has 0 saturated heterocycles. The maximum Gasteiger partial charge on any atom is 0.268 e. The van der Waals surface area contributed by atoms with Crippen molar-refractivity contribution in [2.24, 2.45) is 0 Å². The molecule has 2 N–H and O–H groups in total. The third kappa shape index (κ3) is 4.02. The summed E-state index contributed by atoms with van der Waals surface area (Å²) in [4.78, 5) is 25.3. The Bertz CT molecular complexity index is 1460. The predicted octanol–water partition coefficient (Wildman–Crippen LogP) is 4.88. The van der Waals surface area contributed by atoms with Crippen LogP contribution < -0.4 is 10.3 Å². The molecular weight excluding hydrogens is 449 g/mol. The number of nitrogens with zero attached hydrogens (tertiary/aromatic N) is 3. The van der Waals surface area contributed by atoms with Crippen LogP contribution in [0, 0.1) is 5.82 Å². The van der Waals surface area contributed by atoms with Crippen LogP contribution in [0.25, 0.3) is 32.0 Å². The number of benzene rings is 2. The van der Waals surface area contributed by atoms with Gasteiger partial charge in [0.2, 0.25) is 5.16 Å². The molecule has 0 unspecified atom stereocenters. The summed E-state index contributed by atoms with van der Waals surface area (Å²) in [6.07, 6.45) is 0. The SMILES string of the molecule is COc1ccc(-c2cc3nc(CSc4n[nH]c(-c5ccccc5F)n4)[nH]c(=O)c3s2)cc1. The van der Waals surface area contributed by atoms with Crippen molar-refractivity contribution >= 4 is 33.3 Å². The summed E-state index contributed by atoms with van der Waals surface area (Å²) >= 11 is 2.70. The average Bonchev–Trinajstić information content (AvgIpc) is 3.46. The highest BCUT2D eigenvalue weighted by atomic mass is 32.2. The van der Waals surface area contributed by atoms with Gasteiger partial charge < -0.3 is 9.72 Å².